The van der Waals surface area contributed by atoms with E-state index >= 15 is 0 Å². The van der Waals surface area contributed by atoms with Crippen molar-refractivity contribution >= 4 is 17.2 Å². The lowest BCUT2D eigenvalue weighted by Gasteiger charge is -2.08. The van der Waals surface area contributed by atoms with Gasteiger partial charge in [0.25, 0.3) is 0 Å². The number of aromatic nitrogens is 1. The highest BCUT2D eigenvalue weighted by Gasteiger charge is 2.09. The number of aryl methyl sites for hydroxylation is 2. The average Bonchev–Trinajstić information content (AvgIpc) is 2.40. The molecule has 1 atom stereocenters. The van der Waals surface area contributed by atoms with Crippen molar-refractivity contribution in [3.05, 3.63) is 15.6 Å². The van der Waals surface area contributed by atoms with E-state index in [-0.39, 0.29) is 11.9 Å². The van der Waals surface area contributed by atoms with Crippen LogP contribution in [-0.2, 0) is 11.3 Å². The number of nitrogens with one attached hydrogen (secondary N) is 1. The molecule has 0 aromatic carbocycles. The fraction of sp³-hybridized carbons (Fsp3) is 0.556. The van der Waals surface area contributed by atoms with Crippen molar-refractivity contribution in [2.24, 2.45) is 5.73 Å². The van der Waals surface area contributed by atoms with Crippen LogP contribution < -0.4 is 11.1 Å². The van der Waals surface area contributed by atoms with Crippen LogP contribution in [0.5, 0.6) is 0 Å². The third kappa shape index (κ3) is 2.78. The van der Waals surface area contributed by atoms with Gasteiger partial charge in [0.15, 0.2) is 0 Å². The van der Waals surface area contributed by atoms with Gasteiger partial charge in [-0.15, -0.1) is 11.3 Å². The highest BCUT2D eigenvalue weighted by Crippen LogP contribution is 2.16. The van der Waals surface area contributed by atoms with E-state index in [0.717, 1.165) is 15.6 Å². The van der Waals surface area contributed by atoms with E-state index in [1.165, 1.54) is 0 Å². The summed E-state index contributed by atoms with van der Waals surface area (Å²) in [4.78, 5) is 16.2. The molecule has 0 aliphatic rings. The lowest BCUT2D eigenvalue weighted by atomic mass is 10.3. The predicted octanol–water partition coefficient (Wildman–Crippen LogP) is 0.723. The van der Waals surface area contributed by atoms with Gasteiger partial charge in [0.2, 0.25) is 5.91 Å². The standard InChI is InChI=1S/C9H15N3OS/c1-5-8(14-7(3)12-5)4-11-6(2)9(10)13/h6,11H,4H2,1-3H3,(H2,10,13). The zero-order valence-corrected chi connectivity index (χ0v) is 9.44. The normalized spacial score (nSPS) is 12.8. The summed E-state index contributed by atoms with van der Waals surface area (Å²) in [6.07, 6.45) is 0. The Morgan fingerprint density at radius 1 is 1.64 bits per heavy atom. The Kier molecular flexibility index (Phi) is 3.60. The van der Waals surface area contributed by atoms with E-state index in [0.29, 0.717) is 6.54 Å². The van der Waals surface area contributed by atoms with E-state index in [2.05, 4.69) is 10.3 Å². The van der Waals surface area contributed by atoms with Crippen molar-refractivity contribution in [1.82, 2.24) is 10.3 Å². The van der Waals surface area contributed by atoms with E-state index in [9.17, 15) is 4.79 Å². The molecule has 0 spiro atoms. The molecule has 5 heteroatoms. The first-order chi connectivity index (χ1) is 6.50. The number of carbonyl (C=O) groups excluding carboxylic acids is 1. The van der Waals surface area contributed by atoms with Crippen LogP contribution in [0.25, 0.3) is 0 Å². The summed E-state index contributed by atoms with van der Waals surface area (Å²) >= 11 is 1.64. The van der Waals surface area contributed by atoms with Crippen molar-refractivity contribution in [3.8, 4) is 0 Å². The minimum atomic E-state index is -0.330. The van der Waals surface area contributed by atoms with Gasteiger partial charge >= 0.3 is 0 Å². The third-order valence-corrected chi connectivity index (χ3v) is 3.07. The molecule has 1 rings (SSSR count). The Morgan fingerprint density at radius 3 is 2.71 bits per heavy atom. The number of carbonyl (C=O) groups is 1. The van der Waals surface area contributed by atoms with E-state index in [1.54, 1.807) is 18.3 Å². The largest absolute Gasteiger partial charge is 0.368 e. The fourth-order valence-corrected chi connectivity index (χ4v) is 1.97. The zero-order valence-electron chi connectivity index (χ0n) is 8.63. The highest BCUT2D eigenvalue weighted by atomic mass is 32.1. The smallest absolute Gasteiger partial charge is 0.234 e. The van der Waals surface area contributed by atoms with E-state index < -0.39 is 0 Å². The van der Waals surface area contributed by atoms with Gasteiger partial charge in [0.05, 0.1) is 16.7 Å². The lowest BCUT2D eigenvalue weighted by Crippen LogP contribution is -2.38. The second-order valence-corrected chi connectivity index (χ2v) is 4.53. The van der Waals surface area contributed by atoms with Crippen molar-refractivity contribution in [2.75, 3.05) is 0 Å². The van der Waals surface area contributed by atoms with Crippen LogP contribution in [0.4, 0.5) is 0 Å². The minimum absolute atomic E-state index is 0.295. The third-order valence-electron chi connectivity index (χ3n) is 2.00. The molecule has 1 heterocycles. The first kappa shape index (κ1) is 11.1. The minimum Gasteiger partial charge on any atom is -0.368 e. The van der Waals surface area contributed by atoms with Gasteiger partial charge < -0.3 is 11.1 Å². The highest BCUT2D eigenvalue weighted by molar-refractivity contribution is 7.11. The van der Waals surface area contributed by atoms with Gasteiger partial charge in [0.1, 0.15) is 0 Å². The number of hydrogen-bond acceptors (Lipinski definition) is 4. The van der Waals surface area contributed by atoms with Gasteiger partial charge in [-0.05, 0) is 20.8 Å². The molecule has 0 bridgehead atoms. The number of amides is 1. The van der Waals surface area contributed by atoms with Crippen LogP contribution in [0.2, 0.25) is 0 Å². The Morgan fingerprint density at radius 2 is 2.29 bits per heavy atom. The Bertz CT molecular complexity index is 335. The number of nitrogens with zero attached hydrogens (tertiary/aromatic N) is 1. The molecule has 0 saturated heterocycles. The van der Waals surface area contributed by atoms with Crippen LogP contribution in [0, 0.1) is 13.8 Å². The van der Waals surface area contributed by atoms with Crippen LogP contribution in [-0.4, -0.2) is 16.9 Å². The van der Waals surface area contributed by atoms with Crippen molar-refractivity contribution < 1.29 is 4.79 Å². The predicted molar refractivity (Wildman–Crippen MR) is 57.1 cm³/mol. The topological polar surface area (TPSA) is 68.0 Å². The maximum atomic E-state index is 10.8. The molecule has 3 N–H and O–H groups in total. The summed E-state index contributed by atoms with van der Waals surface area (Å²) in [5, 5.41) is 4.10. The van der Waals surface area contributed by atoms with Crippen LogP contribution in [0.15, 0.2) is 0 Å². The summed E-state index contributed by atoms with van der Waals surface area (Å²) < 4.78 is 0. The van der Waals surface area contributed by atoms with Crippen LogP contribution in [0.3, 0.4) is 0 Å². The van der Waals surface area contributed by atoms with Crippen molar-refractivity contribution in [2.45, 2.75) is 33.4 Å². The second kappa shape index (κ2) is 4.52. The summed E-state index contributed by atoms with van der Waals surface area (Å²) in [5.74, 6) is -0.330. The zero-order chi connectivity index (χ0) is 10.7. The maximum absolute atomic E-state index is 10.8. The molecule has 1 aromatic heterocycles. The Hall–Kier alpha value is -0.940. The molecular formula is C9H15N3OS. The Labute approximate surface area is 87.5 Å². The van der Waals surface area contributed by atoms with Gasteiger partial charge in [-0.3, -0.25) is 4.79 Å². The van der Waals surface area contributed by atoms with Crippen molar-refractivity contribution in [1.29, 1.82) is 0 Å². The molecule has 0 aliphatic heterocycles. The number of rotatable bonds is 4. The number of nitrogens with two attached hydrogens (primary N) is 1. The quantitative estimate of drug-likeness (QED) is 0.774. The molecule has 14 heavy (non-hydrogen) atoms. The van der Waals surface area contributed by atoms with Crippen molar-refractivity contribution in [3.63, 3.8) is 0 Å². The molecule has 1 aromatic rings. The molecule has 0 aliphatic carbocycles. The van der Waals surface area contributed by atoms with Gasteiger partial charge in [0, 0.05) is 11.4 Å². The van der Waals surface area contributed by atoms with Gasteiger partial charge in [-0.2, -0.15) is 0 Å². The molecule has 1 unspecified atom stereocenters. The molecule has 4 nitrogen and oxygen atoms in total. The summed E-state index contributed by atoms with van der Waals surface area (Å²) in [6, 6.07) is -0.295. The number of hydrogen-bond donors (Lipinski definition) is 2. The molecular weight excluding hydrogens is 198 g/mol. The monoisotopic (exact) mass is 213 g/mol. The first-order valence-corrected chi connectivity index (χ1v) is 5.28. The SMILES string of the molecule is Cc1nc(C)c(CNC(C)C(N)=O)s1. The molecule has 0 fully saturated rings. The number of primary amides is 1. The van der Waals surface area contributed by atoms with E-state index in [4.69, 9.17) is 5.73 Å². The second-order valence-electron chi connectivity index (χ2n) is 3.25. The molecule has 0 radical (unpaired) electrons. The van der Waals surface area contributed by atoms with Gasteiger partial charge in [-0.25, -0.2) is 4.98 Å². The molecule has 78 valence electrons. The summed E-state index contributed by atoms with van der Waals surface area (Å²) in [5.41, 5.74) is 6.15. The first-order valence-electron chi connectivity index (χ1n) is 4.46. The van der Waals surface area contributed by atoms with Crippen LogP contribution in [0.1, 0.15) is 22.5 Å². The lowest BCUT2D eigenvalue weighted by molar-refractivity contribution is -0.119. The summed E-state index contributed by atoms with van der Waals surface area (Å²) in [7, 11) is 0. The van der Waals surface area contributed by atoms with E-state index in [1.807, 2.05) is 13.8 Å². The van der Waals surface area contributed by atoms with Crippen LogP contribution >= 0.6 is 11.3 Å². The molecule has 0 saturated carbocycles. The number of thiazole rings is 1. The molecule has 1 amide bonds. The average molecular weight is 213 g/mol. The summed E-state index contributed by atoms with van der Waals surface area (Å²) in [6.45, 7) is 6.35. The maximum Gasteiger partial charge on any atom is 0.234 e. The fourth-order valence-electron chi connectivity index (χ4n) is 1.08. The van der Waals surface area contributed by atoms with Gasteiger partial charge in [-0.1, -0.05) is 0 Å². The Balaban J connectivity index is 2.53.